The van der Waals surface area contributed by atoms with Gasteiger partial charge in [-0.25, -0.2) is 0 Å². The number of rotatable bonds is 2. The number of hydrogen-bond donors (Lipinski definition) is 1. The SMILES string of the molecule is CCC12CC[C@H]3[C@@H](C[C@H](C)C4=CC(=O)CC[C@@H]43)[C@@H]1CC[C@@]2(O)CC. The van der Waals surface area contributed by atoms with E-state index in [1.807, 2.05) is 6.08 Å². The molecular weight excluding hydrogens is 296 g/mol. The smallest absolute Gasteiger partial charge is 0.155 e. The van der Waals surface area contributed by atoms with Gasteiger partial charge in [0.05, 0.1) is 5.60 Å². The molecule has 2 heteroatoms. The zero-order valence-electron chi connectivity index (χ0n) is 15.7. The van der Waals surface area contributed by atoms with Crippen LogP contribution in [0.5, 0.6) is 0 Å². The van der Waals surface area contributed by atoms with Crippen LogP contribution in [-0.2, 0) is 4.79 Å². The van der Waals surface area contributed by atoms with E-state index in [0.717, 1.165) is 43.9 Å². The quantitative estimate of drug-likeness (QED) is 0.781. The lowest BCUT2D eigenvalue weighted by molar-refractivity contribution is -0.135. The molecular formula is C22H34O2. The van der Waals surface area contributed by atoms with Crippen molar-refractivity contribution in [1.29, 1.82) is 0 Å². The first-order valence-electron chi connectivity index (χ1n) is 10.4. The van der Waals surface area contributed by atoms with Gasteiger partial charge in [0.1, 0.15) is 0 Å². The topological polar surface area (TPSA) is 37.3 Å². The van der Waals surface area contributed by atoms with Crippen molar-refractivity contribution in [2.75, 3.05) is 0 Å². The molecule has 0 bridgehead atoms. The number of ketones is 1. The highest BCUT2D eigenvalue weighted by molar-refractivity contribution is 5.91. The maximum Gasteiger partial charge on any atom is 0.155 e. The summed E-state index contributed by atoms with van der Waals surface area (Å²) < 4.78 is 0. The Morgan fingerprint density at radius 1 is 1.12 bits per heavy atom. The van der Waals surface area contributed by atoms with Gasteiger partial charge < -0.3 is 5.11 Å². The Labute approximate surface area is 147 Å². The molecule has 3 saturated carbocycles. The van der Waals surface area contributed by atoms with Crippen LogP contribution in [0.4, 0.5) is 0 Å². The lowest BCUT2D eigenvalue weighted by atomic mass is 9.48. The Morgan fingerprint density at radius 2 is 1.92 bits per heavy atom. The van der Waals surface area contributed by atoms with Crippen molar-refractivity contribution in [3.05, 3.63) is 11.6 Å². The molecule has 1 unspecified atom stereocenters. The Kier molecular flexibility index (Phi) is 3.99. The zero-order valence-corrected chi connectivity index (χ0v) is 15.7. The molecule has 134 valence electrons. The van der Waals surface area contributed by atoms with Gasteiger partial charge in [-0.3, -0.25) is 4.79 Å². The lowest BCUT2D eigenvalue weighted by Crippen LogP contribution is -2.54. The van der Waals surface area contributed by atoms with Crippen LogP contribution in [0.3, 0.4) is 0 Å². The molecule has 0 aromatic rings. The van der Waals surface area contributed by atoms with E-state index >= 15 is 0 Å². The van der Waals surface area contributed by atoms with Crippen LogP contribution in [0.2, 0.25) is 0 Å². The summed E-state index contributed by atoms with van der Waals surface area (Å²) >= 11 is 0. The maximum atomic E-state index is 11.9. The van der Waals surface area contributed by atoms with Gasteiger partial charge in [-0.15, -0.1) is 0 Å². The van der Waals surface area contributed by atoms with Crippen LogP contribution in [0, 0.1) is 35.0 Å². The highest BCUT2D eigenvalue weighted by Crippen LogP contribution is 2.67. The minimum Gasteiger partial charge on any atom is -0.389 e. The van der Waals surface area contributed by atoms with Crippen LogP contribution < -0.4 is 0 Å². The lowest BCUT2D eigenvalue weighted by Gasteiger charge is -2.58. The van der Waals surface area contributed by atoms with Gasteiger partial charge in [0.25, 0.3) is 0 Å². The van der Waals surface area contributed by atoms with E-state index in [9.17, 15) is 9.90 Å². The number of carbonyl (C=O) groups excluding carboxylic acids is 1. The fraction of sp³-hybridized carbons (Fsp3) is 0.864. The predicted octanol–water partition coefficient (Wildman–Crippen LogP) is 4.91. The second-order valence-corrected chi connectivity index (χ2v) is 9.30. The molecule has 0 radical (unpaired) electrons. The van der Waals surface area contributed by atoms with Gasteiger partial charge in [-0.1, -0.05) is 26.3 Å². The number of hydrogen-bond acceptors (Lipinski definition) is 2. The summed E-state index contributed by atoms with van der Waals surface area (Å²) in [5.41, 5.74) is 1.20. The molecule has 0 spiro atoms. The third-order valence-corrected chi connectivity index (χ3v) is 8.88. The molecule has 4 aliphatic carbocycles. The van der Waals surface area contributed by atoms with Crippen molar-refractivity contribution < 1.29 is 9.90 Å². The first-order chi connectivity index (χ1) is 11.5. The summed E-state index contributed by atoms with van der Waals surface area (Å²) in [6, 6.07) is 0. The fourth-order valence-electron chi connectivity index (χ4n) is 7.72. The summed E-state index contributed by atoms with van der Waals surface area (Å²) in [6.45, 7) is 6.84. The van der Waals surface area contributed by atoms with E-state index in [-0.39, 0.29) is 5.41 Å². The summed E-state index contributed by atoms with van der Waals surface area (Å²) in [6.07, 6.45) is 11.8. The molecule has 0 aliphatic heterocycles. The Bertz CT molecular complexity index is 564. The molecule has 4 aliphatic rings. The van der Waals surface area contributed by atoms with Gasteiger partial charge in [0.2, 0.25) is 0 Å². The summed E-state index contributed by atoms with van der Waals surface area (Å²) in [5.74, 6) is 3.80. The molecule has 0 saturated heterocycles. The number of aliphatic hydroxyl groups is 1. The second kappa shape index (κ2) is 5.69. The predicted molar refractivity (Wildman–Crippen MR) is 96.5 cm³/mol. The van der Waals surface area contributed by atoms with Crippen LogP contribution >= 0.6 is 0 Å². The van der Waals surface area contributed by atoms with E-state index in [1.165, 1.54) is 31.3 Å². The van der Waals surface area contributed by atoms with E-state index in [4.69, 9.17) is 0 Å². The van der Waals surface area contributed by atoms with Crippen molar-refractivity contribution in [2.45, 2.75) is 84.2 Å². The van der Waals surface area contributed by atoms with Crippen LogP contribution in [0.15, 0.2) is 11.6 Å². The average molecular weight is 331 g/mol. The van der Waals surface area contributed by atoms with E-state index in [0.29, 0.717) is 23.5 Å². The Morgan fingerprint density at radius 3 is 2.62 bits per heavy atom. The van der Waals surface area contributed by atoms with Crippen LogP contribution in [0.1, 0.15) is 78.6 Å². The summed E-state index contributed by atoms with van der Waals surface area (Å²) in [5, 5.41) is 11.4. The van der Waals surface area contributed by atoms with Gasteiger partial charge in [-0.2, -0.15) is 0 Å². The second-order valence-electron chi connectivity index (χ2n) is 9.30. The van der Waals surface area contributed by atoms with Gasteiger partial charge in [0, 0.05) is 11.8 Å². The van der Waals surface area contributed by atoms with Crippen molar-refractivity contribution >= 4 is 5.78 Å². The molecule has 4 rings (SSSR count). The highest BCUT2D eigenvalue weighted by Gasteiger charge is 2.63. The van der Waals surface area contributed by atoms with Crippen molar-refractivity contribution in [1.82, 2.24) is 0 Å². The van der Waals surface area contributed by atoms with Crippen molar-refractivity contribution in [2.24, 2.45) is 35.0 Å². The average Bonchev–Trinajstić information content (AvgIpc) is 2.89. The maximum absolute atomic E-state index is 11.9. The van der Waals surface area contributed by atoms with Crippen molar-refractivity contribution in [3.8, 4) is 0 Å². The molecule has 24 heavy (non-hydrogen) atoms. The molecule has 3 fully saturated rings. The molecule has 2 nitrogen and oxygen atoms in total. The van der Waals surface area contributed by atoms with Crippen molar-refractivity contribution in [3.63, 3.8) is 0 Å². The summed E-state index contributed by atoms with van der Waals surface area (Å²) in [4.78, 5) is 11.9. The summed E-state index contributed by atoms with van der Waals surface area (Å²) in [7, 11) is 0. The normalized spacial score (nSPS) is 50.8. The first-order valence-corrected chi connectivity index (χ1v) is 10.4. The minimum atomic E-state index is -0.431. The van der Waals surface area contributed by atoms with Gasteiger partial charge in [0.15, 0.2) is 5.78 Å². The molecule has 1 N–H and O–H groups in total. The monoisotopic (exact) mass is 330 g/mol. The fourth-order valence-corrected chi connectivity index (χ4v) is 7.72. The standard InChI is InChI=1S/C22H34O2/c1-4-21-10-8-17-16-7-6-15(23)13-18(16)14(3)12-19(17)20(21)9-11-22(21,24)5-2/h13-14,16-17,19-20,24H,4-12H2,1-3H3/t14-,16+,17+,19+,20-,21?,22-/m0/s1. The van der Waals surface area contributed by atoms with E-state index in [2.05, 4.69) is 20.8 Å². The van der Waals surface area contributed by atoms with Gasteiger partial charge in [-0.05, 0) is 87.0 Å². The molecule has 0 aromatic carbocycles. The molecule has 7 atom stereocenters. The van der Waals surface area contributed by atoms with Crippen LogP contribution in [-0.4, -0.2) is 16.5 Å². The first kappa shape index (κ1) is 16.8. The minimum absolute atomic E-state index is 0.161. The Hall–Kier alpha value is -0.630. The van der Waals surface area contributed by atoms with Crippen LogP contribution in [0.25, 0.3) is 0 Å². The molecule has 0 aromatic heterocycles. The third kappa shape index (κ3) is 2.08. The molecule has 0 heterocycles. The number of allylic oxidation sites excluding steroid dienone is 1. The van der Waals surface area contributed by atoms with E-state index in [1.54, 1.807) is 0 Å². The Balaban J connectivity index is 1.69. The number of fused-ring (bicyclic) bond motifs is 5. The van der Waals surface area contributed by atoms with E-state index < -0.39 is 5.60 Å². The van der Waals surface area contributed by atoms with Gasteiger partial charge >= 0.3 is 0 Å². The largest absolute Gasteiger partial charge is 0.389 e. The molecule has 0 amide bonds. The highest BCUT2D eigenvalue weighted by atomic mass is 16.3. The third-order valence-electron chi connectivity index (χ3n) is 8.88. The zero-order chi connectivity index (χ0) is 17.1. The number of carbonyl (C=O) groups is 1.